The van der Waals surface area contributed by atoms with Gasteiger partial charge in [0.2, 0.25) is 0 Å². The minimum atomic E-state index is -0.0977. The molecule has 0 spiro atoms. The first-order chi connectivity index (χ1) is 11.6. The summed E-state index contributed by atoms with van der Waals surface area (Å²) in [5.41, 5.74) is 5.59. The maximum Gasteiger partial charge on any atom is 0.251 e. The topological polar surface area (TPSA) is 75.6 Å². The number of aryl methyl sites for hydroxylation is 3. The molecule has 0 saturated heterocycles. The number of H-pyrrole nitrogens is 1. The fraction of sp³-hybridized carbons (Fsp3) is 0.278. The van der Waals surface area contributed by atoms with Crippen molar-refractivity contribution in [3.63, 3.8) is 0 Å². The largest absolute Gasteiger partial charge is 0.346 e. The fourth-order valence-corrected chi connectivity index (χ4v) is 2.85. The Kier molecular flexibility index (Phi) is 4.46. The van der Waals surface area contributed by atoms with Gasteiger partial charge in [0, 0.05) is 29.6 Å². The van der Waals surface area contributed by atoms with Gasteiger partial charge in [0.15, 0.2) is 0 Å². The Hall–Kier alpha value is -2.89. The molecule has 0 unspecified atom stereocenters. The van der Waals surface area contributed by atoms with Crippen molar-refractivity contribution >= 4 is 5.91 Å². The van der Waals surface area contributed by atoms with Gasteiger partial charge in [-0.2, -0.15) is 5.10 Å². The monoisotopic (exact) mass is 323 g/mol. The van der Waals surface area contributed by atoms with Gasteiger partial charge in [-0.1, -0.05) is 12.1 Å². The number of rotatable bonds is 5. The molecule has 1 amide bonds. The molecule has 6 nitrogen and oxygen atoms in total. The molecule has 0 aliphatic rings. The van der Waals surface area contributed by atoms with Crippen LogP contribution in [0.4, 0.5) is 0 Å². The molecule has 6 heteroatoms. The summed E-state index contributed by atoms with van der Waals surface area (Å²) in [5.74, 6) is -0.0977. The predicted octanol–water partition coefficient (Wildman–Crippen LogP) is 2.84. The lowest BCUT2D eigenvalue weighted by Gasteiger charge is -2.09. The highest BCUT2D eigenvalue weighted by atomic mass is 16.1. The van der Waals surface area contributed by atoms with Gasteiger partial charge in [-0.3, -0.25) is 9.89 Å². The first-order valence-corrected chi connectivity index (χ1v) is 7.99. The Labute approximate surface area is 140 Å². The maximum atomic E-state index is 12.5. The number of carbonyl (C=O) groups excluding carboxylic acids is 1. The summed E-state index contributed by atoms with van der Waals surface area (Å²) in [6.45, 7) is 7.28. The fourth-order valence-electron chi connectivity index (χ4n) is 2.85. The quantitative estimate of drug-likeness (QED) is 0.758. The highest BCUT2D eigenvalue weighted by Gasteiger charge is 2.12. The zero-order valence-electron chi connectivity index (χ0n) is 14.1. The summed E-state index contributed by atoms with van der Waals surface area (Å²) < 4.78 is 2.01. The van der Waals surface area contributed by atoms with Crippen LogP contribution in [0.5, 0.6) is 0 Å². The second-order valence-corrected chi connectivity index (χ2v) is 5.74. The van der Waals surface area contributed by atoms with Crippen LogP contribution >= 0.6 is 0 Å². The molecule has 0 atom stereocenters. The van der Waals surface area contributed by atoms with Crippen LogP contribution in [0, 0.1) is 13.8 Å². The van der Waals surface area contributed by atoms with Crippen molar-refractivity contribution < 1.29 is 4.79 Å². The van der Waals surface area contributed by atoms with Gasteiger partial charge in [-0.15, -0.1) is 0 Å². The van der Waals surface area contributed by atoms with Crippen LogP contribution in [0.25, 0.3) is 11.1 Å². The summed E-state index contributed by atoms with van der Waals surface area (Å²) >= 11 is 0. The van der Waals surface area contributed by atoms with Gasteiger partial charge < -0.3 is 9.88 Å². The van der Waals surface area contributed by atoms with E-state index in [0.29, 0.717) is 12.1 Å². The second kappa shape index (κ2) is 6.70. The van der Waals surface area contributed by atoms with E-state index in [2.05, 4.69) is 20.5 Å². The van der Waals surface area contributed by atoms with Crippen LogP contribution in [-0.4, -0.2) is 25.7 Å². The summed E-state index contributed by atoms with van der Waals surface area (Å²) in [6.07, 6.45) is 3.55. The Morgan fingerprint density at radius 1 is 1.33 bits per heavy atom. The van der Waals surface area contributed by atoms with Crippen molar-refractivity contribution in [2.75, 3.05) is 0 Å². The molecule has 1 aromatic carbocycles. The van der Waals surface area contributed by atoms with E-state index in [0.717, 1.165) is 34.8 Å². The third-order valence-corrected chi connectivity index (χ3v) is 4.11. The molecular weight excluding hydrogens is 302 g/mol. The Balaban J connectivity index is 1.78. The first-order valence-electron chi connectivity index (χ1n) is 7.99. The number of carbonyl (C=O) groups is 1. The molecule has 3 aromatic rings. The molecule has 0 aliphatic heterocycles. The first kappa shape index (κ1) is 16.0. The van der Waals surface area contributed by atoms with E-state index in [1.165, 1.54) is 0 Å². The predicted molar refractivity (Wildman–Crippen MR) is 92.6 cm³/mol. The van der Waals surface area contributed by atoms with Crippen LogP contribution in [0.15, 0.2) is 36.8 Å². The smallest absolute Gasteiger partial charge is 0.251 e. The minimum Gasteiger partial charge on any atom is -0.346 e. The number of amides is 1. The molecular formula is C18H21N5O. The lowest BCUT2D eigenvalue weighted by Crippen LogP contribution is -2.24. The lowest BCUT2D eigenvalue weighted by molar-refractivity contribution is 0.0950. The minimum absolute atomic E-state index is 0.0977. The molecule has 24 heavy (non-hydrogen) atoms. The van der Waals surface area contributed by atoms with Crippen molar-refractivity contribution in [2.24, 2.45) is 0 Å². The zero-order chi connectivity index (χ0) is 17.1. The van der Waals surface area contributed by atoms with E-state index in [4.69, 9.17) is 0 Å². The van der Waals surface area contributed by atoms with E-state index in [-0.39, 0.29) is 5.91 Å². The molecule has 2 N–H and O–H groups in total. The van der Waals surface area contributed by atoms with E-state index in [9.17, 15) is 4.79 Å². The second-order valence-electron chi connectivity index (χ2n) is 5.74. The van der Waals surface area contributed by atoms with Gasteiger partial charge in [-0.05, 0) is 38.5 Å². The van der Waals surface area contributed by atoms with Crippen molar-refractivity contribution in [2.45, 2.75) is 33.9 Å². The lowest BCUT2D eigenvalue weighted by atomic mass is 10.0. The molecule has 0 radical (unpaired) electrons. The average molecular weight is 323 g/mol. The van der Waals surface area contributed by atoms with E-state index < -0.39 is 0 Å². The van der Waals surface area contributed by atoms with E-state index in [1.54, 1.807) is 12.5 Å². The molecule has 124 valence electrons. The van der Waals surface area contributed by atoms with Crippen LogP contribution in [0.1, 0.15) is 34.4 Å². The number of hydrogen-bond donors (Lipinski definition) is 2. The summed E-state index contributed by atoms with van der Waals surface area (Å²) in [7, 11) is 0. The molecule has 0 bridgehead atoms. The van der Waals surface area contributed by atoms with Gasteiger partial charge >= 0.3 is 0 Å². The Morgan fingerprint density at radius 2 is 2.17 bits per heavy atom. The molecule has 0 aliphatic carbocycles. The van der Waals surface area contributed by atoms with Crippen LogP contribution in [0.3, 0.4) is 0 Å². The molecule has 0 fully saturated rings. The summed E-state index contributed by atoms with van der Waals surface area (Å²) in [5, 5.41) is 10.2. The zero-order valence-corrected chi connectivity index (χ0v) is 14.1. The average Bonchev–Trinajstić information content (AvgIpc) is 3.18. The van der Waals surface area contributed by atoms with Gasteiger partial charge in [-0.25, -0.2) is 4.98 Å². The Bertz CT molecular complexity index is 842. The molecule has 2 aromatic heterocycles. The number of aromatic amines is 1. The van der Waals surface area contributed by atoms with Gasteiger partial charge in [0.25, 0.3) is 5.91 Å². The summed E-state index contributed by atoms with van der Waals surface area (Å²) in [6, 6.07) is 7.61. The van der Waals surface area contributed by atoms with Crippen LogP contribution < -0.4 is 5.32 Å². The third kappa shape index (κ3) is 3.08. The SMILES string of the molecule is CCn1cncc1CNC(=O)c1cccc(-c2c(C)n[nH]c2C)c1. The van der Waals surface area contributed by atoms with E-state index >= 15 is 0 Å². The van der Waals surface area contributed by atoms with Gasteiger partial charge in [0.1, 0.15) is 0 Å². The molecule has 3 rings (SSSR count). The Morgan fingerprint density at radius 3 is 2.88 bits per heavy atom. The van der Waals surface area contributed by atoms with Crippen molar-refractivity contribution in [1.29, 1.82) is 0 Å². The number of nitrogens with one attached hydrogen (secondary N) is 2. The standard InChI is InChI=1S/C18H21N5O/c1-4-23-11-19-9-16(23)10-20-18(24)15-7-5-6-14(8-15)17-12(2)21-22-13(17)3/h5-9,11H,4,10H2,1-3H3,(H,20,24)(H,21,22). The number of nitrogens with zero attached hydrogens (tertiary/aromatic N) is 3. The number of hydrogen-bond acceptors (Lipinski definition) is 3. The number of aromatic nitrogens is 4. The van der Waals surface area contributed by atoms with Crippen molar-refractivity contribution in [1.82, 2.24) is 25.1 Å². The third-order valence-electron chi connectivity index (χ3n) is 4.11. The maximum absolute atomic E-state index is 12.5. The van der Waals surface area contributed by atoms with Crippen molar-refractivity contribution in [3.05, 3.63) is 59.4 Å². The van der Waals surface area contributed by atoms with Crippen molar-refractivity contribution in [3.8, 4) is 11.1 Å². The van der Waals surface area contributed by atoms with Crippen LogP contribution in [-0.2, 0) is 13.1 Å². The van der Waals surface area contributed by atoms with Crippen LogP contribution in [0.2, 0.25) is 0 Å². The number of imidazole rings is 1. The van der Waals surface area contributed by atoms with Gasteiger partial charge in [0.05, 0.1) is 24.3 Å². The number of benzene rings is 1. The summed E-state index contributed by atoms with van der Waals surface area (Å²) in [4.78, 5) is 16.6. The normalized spacial score (nSPS) is 10.8. The molecule has 2 heterocycles. The molecule has 0 saturated carbocycles. The van der Waals surface area contributed by atoms with E-state index in [1.807, 2.05) is 49.6 Å². The highest BCUT2D eigenvalue weighted by Crippen LogP contribution is 2.25. The highest BCUT2D eigenvalue weighted by molar-refractivity contribution is 5.95.